The normalized spacial score (nSPS) is 13.6. The molecule has 0 bridgehead atoms. The van der Waals surface area contributed by atoms with E-state index in [4.69, 9.17) is 0 Å². The summed E-state index contributed by atoms with van der Waals surface area (Å²) in [7, 11) is 0. The molecule has 0 atom stereocenters. The molecule has 1 amide bonds. The van der Waals surface area contributed by atoms with Crippen LogP contribution in [0, 0.1) is 0 Å². The summed E-state index contributed by atoms with van der Waals surface area (Å²) < 4.78 is 2.05. The second kappa shape index (κ2) is 7.96. The monoisotopic (exact) mass is 378 g/mol. The second-order valence-electron chi connectivity index (χ2n) is 6.74. The molecule has 3 aromatic rings. The standard InChI is InChI=1S/C21H22N4OS/c1-2-12-25-19(13-16-8-5-7-15-6-3-4-9-18(15)16)23-24-21(25)27-14-20(26)22-17-10-11-17/h2-9,17H,1,10-14H2,(H,22,26). The van der Waals surface area contributed by atoms with Gasteiger partial charge in [-0.1, -0.05) is 60.3 Å². The lowest BCUT2D eigenvalue weighted by Gasteiger charge is -2.09. The molecule has 1 aliphatic rings. The highest BCUT2D eigenvalue weighted by atomic mass is 32.2. The topological polar surface area (TPSA) is 59.8 Å². The third-order valence-corrected chi connectivity index (χ3v) is 5.58. The number of allylic oxidation sites excluding steroid dienone is 1. The second-order valence-corrected chi connectivity index (χ2v) is 7.69. The van der Waals surface area contributed by atoms with E-state index in [0.717, 1.165) is 23.8 Å². The number of amides is 1. The van der Waals surface area contributed by atoms with Crippen molar-refractivity contribution < 1.29 is 4.79 Å². The molecule has 2 aromatic carbocycles. The van der Waals surface area contributed by atoms with Gasteiger partial charge in [0.1, 0.15) is 5.82 Å². The van der Waals surface area contributed by atoms with E-state index in [1.165, 1.54) is 28.1 Å². The third kappa shape index (κ3) is 4.22. The Kier molecular flexibility index (Phi) is 5.25. The molecule has 5 nitrogen and oxygen atoms in total. The molecule has 6 heteroatoms. The molecule has 1 aromatic heterocycles. The Balaban J connectivity index is 1.54. The number of carbonyl (C=O) groups excluding carboxylic acids is 1. The molecule has 1 fully saturated rings. The van der Waals surface area contributed by atoms with Crippen molar-refractivity contribution >= 4 is 28.4 Å². The molecule has 0 saturated heterocycles. The van der Waals surface area contributed by atoms with Crippen LogP contribution >= 0.6 is 11.8 Å². The maximum atomic E-state index is 12.0. The van der Waals surface area contributed by atoms with E-state index < -0.39 is 0 Å². The molecule has 138 valence electrons. The van der Waals surface area contributed by atoms with Gasteiger partial charge < -0.3 is 9.88 Å². The zero-order chi connectivity index (χ0) is 18.6. The summed E-state index contributed by atoms with van der Waals surface area (Å²) in [6.07, 6.45) is 4.72. The van der Waals surface area contributed by atoms with Crippen LogP contribution in [0.1, 0.15) is 24.2 Å². The molecule has 0 unspecified atom stereocenters. The summed E-state index contributed by atoms with van der Waals surface area (Å²) >= 11 is 1.43. The van der Waals surface area contributed by atoms with Crippen molar-refractivity contribution in [2.45, 2.75) is 37.0 Å². The first kappa shape index (κ1) is 17.8. The van der Waals surface area contributed by atoms with Gasteiger partial charge in [-0.15, -0.1) is 16.8 Å². The van der Waals surface area contributed by atoms with E-state index in [-0.39, 0.29) is 5.91 Å². The minimum atomic E-state index is 0.0613. The summed E-state index contributed by atoms with van der Waals surface area (Å²) in [5.41, 5.74) is 1.22. The summed E-state index contributed by atoms with van der Waals surface area (Å²) in [6.45, 7) is 4.48. The highest BCUT2D eigenvalue weighted by Gasteiger charge is 2.23. The Hall–Kier alpha value is -2.60. The molecular weight excluding hydrogens is 356 g/mol. The molecular formula is C21H22N4OS. The molecule has 1 aliphatic carbocycles. The number of aromatic nitrogens is 3. The summed E-state index contributed by atoms with van der Waals surface area (Å²) in [5.74, 6) is 1.31. The number of hydrogen-bond acceptors (Lipinski definition) is 4. The fourth-order valence-corrected chi connectivity index (χ4v) is 3.89. The molecule has 1 N–H and O–H groups in total. The third-order valence-electron chi connectivity index (χ3n) is 4.61. The van der Waals surface area contributed by atoms with Gasteiger partial charge in [0.15, 0.2) is 5.16 Å². The summed E-state index contributed by atoms with van der Waals surface area (Å²) in [4.78, 5) is 12.0. The Bertz CT molecular complexity index is 972. The Morgan fingerprint density at radius 2 is 2.04 bits per heavy atom. The zero-order valence-electron chi connectivity index (χ0n) is 15.1. The van der Waals surface area contributed by atoms with E-state index in [1.54, 1.807) is 0 Å². The first-order valence-corrected chi connectivity index (χ1v) is 10.1. The Morgan fingerprint density at radius 3 is 2.85 bits per heavy atom. The maximum absolute atomic E-state index is 12.0. The van der Waals surface area contributed by atoms with E-state index in [0.29, 0.717) is 24.8 Å². The zero-order valence-corrected chi connectivity index (χ0v) is 15.9. The van der Waals surface area contributed by atoms with Gasteiger partial charge in [-0.25, -0.2) is 0 Å². The molecule has 27 heavy (non-hydrogen) atoms. The van der Waals surface area contributed by atoms with Crippen LogP contribution in [0.25, 0.3) is 10.8 Å². The number of nitrogens with one attached hydrogen (secondary N) is 1. The predicted molar refractivity (Wildman–Crippen MR) is 109 cm³/mol. The van der Waals surface area contributed by atoms with Crippen molar-refractivity contribution in [1.82, 2.24) is 20.1 Å². The average molecular weight is 379 g/mol. The highest BCUT2D eigenvalue weighted by Crippen LogP contribution is 2.24. The molecule has 0 spiro atoms. The number of thioether (sulfide) groups is 1. The van der Waals surface area contributed by atoms with Crippen LogP contribution < -0.4 is 5.32 Å². The minimum Gasteiger partial charge on any atom is -0.353 e. The van der Waals surface area contributed by atoms with E-state index in [9.17, 15) is 4.79 Å². The quantitative estimate of drug-likeness (QED) is 0.481. The lowest BCUT2D eigenvalue weighted by molar-refractivity contribution is -0.118. The van der Waals surface area contributed by atoms with Crippen molar-refractivity contribution in [3.63, 3.8) is 0 Å². The summed E-state index contributed by atoms with van der Waals surface area (Å²) in [6, 6.07) is 15.1. The van der Waals surface area contributed by atoms with Crippen molar-refractivity contribution in [3.05, 3.63) is 66.5 Å². The smallest absolute Gasteiger partial charge is 0.230 e. The highest BCUT2D eigenvalue weighted by molar-refractivity contribution is 7.99. The lowest BCUT2D eigenvalue weighted by Crippen LogP contribution is -2.27. The summed E-state index contributed by atoms with van der Waals surface area (Å²) in [5, 5.41) is 14.9. The van der Waals surface area contributed by atoms with Crippen molar-refractivity contribution in [3.8, 4) is 0 Å². The minimum absolute atomic E-state index is 0.0613. The fraction of sp³-hybridized carbons (Fsp3) is 0.286. The number of fused-ring (bicyclic) bond motifs is 1. The van der Waals surface area contributed by atoms with E-state index in [2.05, 4.69) is 58.5 Å². The molecule has 1 saturated carbocycles. The van der Waals surface area contributed by atoms with Crippen LogP contribution in [0.3, 0.4) is 0 Å². The Morgan fingerprint density at radius 1 is 1.22 bits per heavy atom. The van der Waals surface area contributed by atoms with Gasteiger partial charge in [-0.05, 0) is 29.2 Å². The van der Waals surface area contributed by atoms with Gasteiger partial charge in [0.2, 0.25) is 5.91 Å². The van der Waals surface area contributed by atoms with Crippen LogP contribution in [-0.2, 0) is 17.8 Å². The van der Waals surface area contributed by atoms with Gasteiger partial charge in [-0.3, -0.25) is 4.79 Å². The number of benzene rings is 2. The van der Waals surface area contributed by atoms with E-state index in [1.807, 2.05) is 16.7 Å². The first-order valence-electron chi connectivity index (χ1n) is 9.16. The van der Waals surface area contributed by atoms with Crippen LogP contribution in [0.15, 0.2) is 60.3 Å². The lowest BCUT2D eigenvalue weighted by atomic mass is 10.0. The van der Waals surface area contributed by atoms with Crippen molar-refractivity contribution in [1.29, 1.82) is 0 Å². The first-order chi connectivity index (χ1) is 13.2. The van der Waals surface area contributed by atoms with Gasteiger partial charge in [0.25, 0.3) is 0 Å². The largest absolute Gasteiger partial charge is 0.353 e. The van der Waals surface area contributed by atoms with Gasteiger partial charge in [0, 0.05) is 19.0 Å². The molecule has 0 radical (unpaired) electrons. The van der Waals surface area contributed by atoms with Crippen LogP contribution in [0.5, 0.6) is 0 Å². The van der Waals surface area contributed by atoms with E-state index >= 15 is 0 Å². The Labute approximate surface area is 162 Å². The SMILES string of the molecule is C=CCn1c(Cc2cccc3ccccc23)nnc1SCC(=O)NC1CC1. The fourth-order valence-electron chi connectivity index (χ4n) is 3.11. The number of hydrogen-bond donors (Lipinski definition) is 1. The maximum Gasteiger partial charge on any atom is 0.230 e. The van der Waals surface area contributed by atoms with Crippen LogP contribution in [0.2, 0.25) is 0 Å². The van der Waals surface area contributed by atoms with Gasteiger partial charge in [-0.2, -0.15) is 0 Å². The van der Waals surface area contributed by atoms with Gasteiger partial charge >= 0.3 is 0 Å². The number of rotatable bonds is 8. The van der Waals surface area contributed by atoms with Gasteiger partial charge in [0.05, 0.1) is 5.75 Å². The van der Waals surface area contributed by atoms with Crippen LogP contribution in [-0.4, -0.2) is 32.5 Å². The predicted octanol–water partition coefficient (Wildman–Crippen LogP) is 3.58. The average Bonchev–Trinajstić information content (AvgIpc) is 3.42. The van der Waals surface area contributed by atoms with Crippen LogP contribution in [0.4, 0.5) is 0 Å². The van der Waals surface area contributed by atoms with Crippen molar-refractivity contribution in [2.24, 2.45) is 0 Å². The number of carbonyl (C=O) groups is 1. The molecule has 0 aliphatic heterocycles. The molecule has 4 rings (SSSR count). The van der Waals surface area contributed by atoms with Crippen molar-refractivity contribution in [2.75, 3.05) is 5.75 Å². The molecule has 1 heterocycles. The number of nitrogens with zero attached hydrogens (tertiary/aromatic N) is 3.